The Hall–Kier alpha value is 0.260. The first-order valence-corrected chi connectivity index (χ1v) is 5.54. The Morgan fingerprint density at radius 1 is 1.54 bits per heavy atom. The van der Waals surface area contributed by atoms with Crippen LogP contribution < -0.4 is 0 Å². The van der Waals surface area contributed by atoms with Crippen molar-refractivity contribution in [3.05, 3.63) is 26.9 Å². The predicted octanol–water partition coefficient (Wildman–Crippen LogP) is 4.33. The highest BCUT2D eigenvalue weighted by Gasteiger charge is 2.19. The second-order valence-corrected chi connectivity index (χ2v) is 3.93. The summed E-state index contributed by atoms with van der Waals surface area (Å²) in [5.41, 5.74) is 0.304. The topological polar surface area (TPSA) is 12.9 Å². The highest BCUT2D eigenvalue weighted by atomic mass is 79.9. The van der Waals surface area contributed by atoms with Crippen LogP contribution >= 0.6 is 43.5 Å². The SMILES string of the molecule is FC(F)c1c(Br)ncc(CBr)c1Cl. The van der Waals surface area contributed by atoms with Crippen molar-refractivity contribution in [3.8, 4) is 0 Å². The molecular formula is C7H4Br2ClF2N. The zero-order valence-electron chi connectivity index (χ0n) is 6.20. The molecule has 0 atom stereocenters. The van der Waals surface area contributed by atoms with E-state index in [0.29, 0.717) is 10.9 Å². The predicted molar refractivity (Wildman–Crippen MR) is 54.5 cm³/mol. The quantitative estimate of drug-likeness (QED) is 0.579. The molecule has 0 aliphatic heterocycles. The average molecular weight is 335 g/mol. The minimum atomic E-state index is -2.62. The third kappa shape index (κ3) is 2.39. The van der Waals surface area contributed by atoms with Crippen molar-refractivity contribution in [2.75, 3.05) is 0 Å². The van der Waals surface area contributed by atoms with E-state index in [9.17, 15) is 8.78 Å². The van der Waals surface area contributed by atoms with Crippen LogP contribution in [0.15, 0.2) is 10.8 Å². The first-order chi connectivity index (χ1) is 6.07. The van der Waals surface area contributed by atoms with Gasteiger partial charge in [-0.05, 0) is 15.9 Å². The number of hydrogen-bond donors (Lipinski definition) is 0. The first kappa shape index (κ1) is 11.3. The molecule has 0 amide bonds. The summed E-state index contributed by atoms with van der Waals surface area (Å²) in [4.78, 5) is 3.75. The van der Waals surface area contributed by atoms with E-state index in [4.69, 9.17) is 11.6 Å². The largest absolute Gasteiger partial charge is 0.267 e. The van der Waals surface area contributed by atoms with Crippen molar-refractivity contribution >= 4 is 43.5 Å². The van der Waals surface area contributed by atoms with Crippen LogP contribution in [-0.2, 0) is 5.33 Å². The standard InChI is InChI=1S/C7H4Br2ClF2N/c8-1-3-2-13-6(9)4(5(3)10)7(11)12/h2,7H,1H2. The van der Waals surface area contributed by atoms with E-state index in [1.54, 1.807) is 0 Å². The number of alkyl halides is 3. The minimum Gasteiger partial charge on any atom is -0.248 e. The number of nitrogens with zero attached hydrogens (tertiary/aromatic N) is 1. The Balaban J connectivity index is 3.30. The lowest BCUT2D eigenvalue weighted by Gasteiger charge is -2.07. The zero-order chi connectivity index (χ0) is 10.0. The van der Waals surface area contributed by atoms with Gasteiger partial charge in [-0.3, -0.25) is 0 Å². The molecule has 0 radical (unpaired) electrons. The Labute approximate surface area is 95.8 Å². The van der Waals surface area contributed by atoms with Gasteiger partial charge in [0.2, 0.25) is 0 Å². The smallest absolute Gasteiger partial charge is 0.248 e. The summed E-state index contributed by atoms with van der Waals surface area (Å²) in [6.07, 6.45) is -1.17. The van der Waals surface area contributed by atoms with Gasteiger partial charge in [-0.25, -0.2) is 13.8 Å². The molecule has 1 rings (SSSR count). The Bertz CT molecular complexity index is 320. The van der Waals surface area contributed by atoms with Gasteiger partial charge in [0.15, 0.2) is 0 Å². The Kier molecular flexibility index (Phi) is 4.06. The van der Waals surface area contributed by atoms with E-state index in [-0.39, 0.29) is 15.2 Å². The average Bonchev–Trinajstić information content (AvgIpc) is 2.04. The molecule has 13 heavy (non-hydrogen) atoms. The van der Waals surface area contributed by atoms with Crippen molar-refractivity contribution in [3.63, 3.8) is 0 Å². The fraction of sp³-hybridized carbons (Fsp3) is 0.286. The van der Waals surface area contributed by atoms with Gasteiger partial charge in [-0.15, -0.1) is 0 Å². The fourth-order valence-corrected chi connectivity index (χ4v) is 2.27. The van der Waals surface area contributed by atoms with E-state index in [1.165, 1.54) is 6.20 Å². The van der Waals surface area contributed by atoms with Crippen LogP contribution in [0.3, 0.4) is 0 Å². The van der Waals surface area contributed by atoms with E-state index in [1.807, 2.05) is 0 Å². The molecule has 1 heterocycles. The van der Waals surface area contributed by atoms with Crippen LogP contribution in [0.2, 0.25) is 5.02 Å². The molecule has 0 aliphatic carbocycles. The summed E-state index contributed by atoms with van der Waals surface area (Å²) in [5.74, 6) is 0. The second-order valence-electron chi connectivity index (χ2n) is 2.24. The van der Waals surface area contributed by atoms with Gasteiger partial charge >= 0.3 is 0 Å². The summed E-state index contributed by atoms with van der Waals surface area (Å²) < 4.78 is 25.0. The maximum Gasteiger partial charge on any atom is 0.267 e. The normalized spacial score (nSPS) is 10.9. The van der Waals surface area contributed by atoms with Crippen molar-refractivity contribution in [1.82, 2.24) is 4.98 Å². The zero-order valence-corrected chi connectivity index (χ0v) is 10.1. The van der Waals surface area contributed by atoms with Crippen LogP contribution in [0.25, 0.3) is 0 Å². The molecule has 0 saturated heterocycles. The van der Waals surface area contributed by atoms with Gasteiger partial charge in [0, 0.05) is 17.1 Å². The van der Waals surface area contributed by atoms with Gasteiger partial charge in [0.25, 0.3) is 6.43 Å². The van der Waals surface area contributed by atoms with Gasteiger partial charge in [-0.1, -0.05) is 27.5 Å². The summed E-state index contributed by atoms with van der Waals surface area (Å²) in [5, 5.41) is 0.472. The van der Waals surface area contributed by atoms with Gasteiger partial charge in [-0.2, -0.15) is 0 Å². The van der Waals surface area contributed by atoms with Crippen molar-refractivity contribution in [2.45, 2.75) is 11.8 Å². The third-order valence-corrected chi connectivity index (χ3v) is 3.12. The molecule has 1 nitrogen and oxygen atoms in total. The first-order valence-electron chi connectivity index (χ1n) is 3.24. The molecule has 0 unspecified atom stereocenters. The van der Waals surface area contributed by atoms with Gasteiger partial charge in [0.1, 0.15) is 4.60 Å². The monoisotopic (exact) mass is 333 g/mol. The molecule has 1 aromatic heterocycles. The molecular weight excluding hydrogens is 331 g/mol. The molecule has 0 aromatic carbocycles. The molecule has 0 fully saturated rings. The van der Waals surface area contributed by atoms with E-state index >= 15 is 0 Å². The minimum absolute atomic E-state index is 0.0637. The molecule has 0 saturated carbocycles. The Morgan fingerprint density at radius 3 is 2.62 bits per heavy atom. The summed E-state index contributed by atoms with van der Waals surface area (Å²) in [7, 11) is 0. The van der Waals surface area contributed by atoms with Crippen LogP contribution in [0.5, 0.6) is 0 Å². The molecule has 6 heteroatoms. The third-order valence-electron chi connectivity index (χ3n) is 1.44. The lowest BCUT2D eigenvalue weighted by molar-refractivity contribution is 0.150. The van der Waals surface area contributed by atoms with Crippen molar-refractivity contribution in [1.29, 1.82) is 0 Å². The summed E-state index contributed by atoms with van der Waals surface area (Å²) >= 11 is 11.8. The van der Waals surface area contributed by atoms with Gasteiger partial charge in [0.05, 0.1) is 10.6 Å². The number of halogens is 5. The molecule has 0 N–H and O–H groups in total. The van der Waals surface area contributed by atoms with Gasteiger partial charge < -0.3 is 0 Å². The fourth-order valence-electron chi connectivity index (χ4n) is 0.803. The van der Waals surface area contributed by atoms with E-state index in [0.717, 1.165) is 0 Å². The lowest BCUT2D eigenvalue weighted by Crippen LogP contribution is -1.95. The van der Waals surface area contributed by atoms with Crippen molar-refractivity contribution < 1.29 is 8.78 Å². The maximum absolute atomic E-state index is 12.4. The number of pyridine rings is 1. The molecule has 1 aromatic rings. The van der Waals surface area contributed by atoms with Crippen LogP contribution in [0.1, 0.15) is 17.6 Å². The lowest BCUT2D eigenvalue weighted by atomic mass is 10.2. The molecule has 72 valence electrons. The number of aromatic nitrogens is 1. The second kappa shape index (κ2) is 4.66. The maximum atomic E-state index is 12.4. The number of rotatable bonds is 2. The van der Waals surface area contributed by atoms with E-state index < -0.39 is 6.43 Å². The van der Waals surface area contributed by atoms with E-state index in [2.05, 4.69) is 36.8 Å². The summed E-state index contributed by atoms with van der Waals surface area (Å²) in [6.45, 7) is 0. The Morgan fingerprint density at radius 2 is 2.15 bits per heavy atom. The molecule has 0 aliphatic rings. The highest BCUT2D eigenvalue weighted by molar-refractivity contribution is 9.10. The molecule has 0 bridgehead atoms. The van der Waals surface area contributed by atoms with Crippen LogP contribution in [0, 0.1) is 0 Å². The van der Waals surface area contributed by atoms with Crippen LogP contribution in [0.4, 0.5) is 8.78 Å². The summed E-state index contributed by atoms with van der Waals surface area (Å²) in [6, 6.07) is 0. The highest BCUT2D eigenvalue weighted by Crippen LogP contribution is 2.34. The molecule has 0 spiro atoms. The van der Waals surface area contributed by atoms with Crippen LogP contribution in [-0.4, -0.2) is 4.98 Å². The van der Waals surface area contributed by atoms with Crippen molar-refractivity contribution in [2.24, 2.45) is 0 Å². The number of hydrogen-bond acceptors (Lipinski definition) is 1.